The van der Waals surface area contributed by atoms with Gasteiger partial charge < -0.3 is 14.7 Å². The number of halogens is 3. The Morgan fingerprint density at radius 1 is 1.20 bits per heavy atom. The summed E-state index contributed by atoms with van der Waals surface area (Å²) in [6.07, 6.45) is 2.16. The van der Waals surface area contributed by atoms with Crippen molar-refractivity contribution in [2.24, 2.45) is 5.41 Å². The zero-order chi connectivity index (χ0) is 29.7. The van der Waals surface area contributed by atoms with E-state index in [-0.39, 0.29) is 18.5 Å². The zero-order valence-electron chi connectivity index (χ0n) is 23.2. The molecule has 1 aliphatic heterocycles. The van der Waals surface area contributed by atoms with Crippen molar-refractivity contribution in [1.29, 1.82) is 0 Å². The molecule has 1 saturated heterocycles. The van der Waals surface area contributed by atoms with Crippen LogP contribution in [0.2, 0.25) is 0 Å². The zero-order valence-corrected chi connectivity index (χ0v) is 23.2. The number of hydrogen-bond donors (Lipinski definition) is 3. The average molecular weight is 571 g/mol. The lowest BCUT2D eigenvalue weighted by Crippen LogP contribution is -2.48. The molecule has 1 amide bonds. The molecule has 3 aromatic rings. The predicted molar refractivity (Wildman–Crippen MR) is 148 cm³/mol. The van der Waals surface area contributed by atoms with Gasteiger partial charge in [0, 0.05) is 43.7 Å². The highest BCUT2D eigenvalue weighted by Crippen LogP contribution is 2.41. The van der Waals surface area contributed by atoms with E-state index in [2.05, 4.69) is 16.8 Å². The number of piperidine rings is 1. The number of nitrogens with one attached hydrogen (secondary N) is 1. The Morgan fingerprint density at radius 2 is 1.88 bits per heavy atom. The van der Waals surface area contributed by atoms with Gasteiger partial charge in [-0.2, -0.15) is 0 Å². The Kier molecular flexibility index (Phi) is 9.38. The van der Waals surface area contributed by atoms with Crippen LogP contribution >= 0.6 is 0 Å². The smallest absolute Gasteiger partial charge is 0.249 e. The first-order valence-corrected chi connectivity index (χ1v) is 13.2. The van der Waals surface area contributed by atoms with Crippen molar-refractivity contribution in [3.8, 4) is 17.6 Å². The van der Waals surface area contributed by atoms with Crippen molar-refractivity contribution in [3.05, 3.63) is 65.1 Å². The lowest BCUT2D eigenvalue weighted by atomic mass is 9.73. The van der Waals surface area contributed by atoms with Crippen molar-refractivity contribution in [1.82, 2.24) is 15.4 Å². The number of nitrogens with zero attached hydrogens (tertiary/aromatic N) is 3. The fraction of sp³-hybridized carbons (Fsp3) is 0.400. The summed E-state index contributed by atoms with van der Waals surface area (Å²) in [5.74, 6) is 1.46. The number of aromatic nitrogens is 1. The third-order valence-electron chi connectivity index (χ3n) is 7.72. The van der Waals surface area contributed by atoms with Gasteiger partial charge in [-0.25, -0.2) is 18.7 Å². The Labute approximate surface area is 236 Å². The van der Waals surface area contributed by atoms with Gasteiger partial charge in [-0.1, -0.05) is 11.8 Å². The van der Waals surface area contributed by atoms with Crippen molar-refractivity contribution >= 4 is 22.5 Å². The molecule has 8 nitrogen and oxygen atoms in total. The molecule has 2 aromatic carbocycles. The number of aliphatic hydroxyl groups is 1. The Morgan fingerprint density at radius 3 is 2.49 bits per heavy atom. The van der Waals surface area contributed by atoms with Gasteiger partial charge in [0.25, 0.3) is 0 Å². The van der Waals surface area contributed by atoms with Crippen molar-refractivity contribution in [3.63, 3.8) is 0 Å². The lowest BCUT2D eigenvalue weighted by molar-refractivity contribution is -0.143. The molecule has 0 spiro atoms. The minimum atomic E-state index is -1.54. The third-order valence-corrected chi connectivity index (χ3v) is 7.72. The maximum Gasteiger partial charge on any atom is 0.249 e. The highest BCUT2D eigenvalue weighted by molar-refractivity contribution is 5.88. The quantitative estimate of drug-likeness (QED) is 0.162. The van der Waals surface area contributed by atoms with Gasteiger partial charge in [0.2, 0.25) is 5.91 Å². The van der Waals surface area contributed by atoms with Gasteiger partial charge in [0.05, 0.1) is 42.6 Å². The molecule has 0 radical (unpaired) electrons. The summed E-state index contributed by atoms with van der Waals surface area (Å²) in [7, 11) is 5.29. The molecule has 218 valence electrons. The number of amides is 1. The van der Waals surface area contributed by atoms with E-state index in [4.69, 9.17) is 4.74 Å². The molecule has 0 bridgehead atoms. The topological polar surface area (TPSA) is 98.2 Å². The lowest BCUT2D eigenvalue weighted by Gasteiger charge is -2.40. The second kappa shape index (κ2) is 12.8. The number of anilines is 1. The number of pyridine rings is 1. The number of aliphatic hydroxyl groups excluding tert-OH is 1. The average Bonchev–Trinajstić information content (AvgIpc) is 2.97. The van der Waals surface area contributed by atoms with Crippen LogP contribution in [0, 0.1) is 34.7 Å². The standard InChI is InChI=1S/C30H33F3N4O4/c1-36(2)25-18-34-24-7-6-20(41-3)17-21(24)27(25)26(38)8-9-30(29(39)35-40)10-13-37(14-11-30)12-4-5-19-15-22(31)28(33)23(32)16-19/h6-7,15-18,26,38,40H,8-14H2,1-3H3,(H,35,39)/t26-/m1/s1. The molecule has 0 saturated carbocycles. The summed E-state index contributed by atoms with van der Waals surface area (Å²) in [6, 6.07) is 7.14. The highest BCUT2D eigenvalue weighted by atomic mass is 19.2. The largest absolute Gasteiger partial charge is 0.497 e. The number of fused-ring (bicyclic) bond motifs is 1. The number of hydrogen-bond acceptors (Lipinski definition) is 7. The third kappa shape index (κ3) is 6.56. The molecule has 1 aromatic heterocycles. The highest BCUT2D eigenvalue weighted by Gasteiger charge is 2.41. The van der Waals surface area contributed by atoms with Gasteiger partial charge >= 0.3 is 0 Å². The van der Waals surface area contributed by atoms with E-state index >= 15 is 0 Å². The number of carbonyl (C=O) groups excluding carboxylic acids is 1. The van der Waals surface area contributed by atoms with E-state index < -0.39 is 34.9 Å². The second-order valence-corrected chi connectivity index (χ2v) is 10.4. The molecular weight excluding hydrogens is 537 g/mol. The van der Waals surface area contributed by atoms with Crippen molar-refractivity contribution in [2.45, 2.75) is 31.8 Å². The Bertz CT molecular complexity index is 1460. The SMILES string of the molecule is COc1ccc2ncc(N(C)C)c([C@H](O)CCC3(C(=O)NO)CCN(CC#Cc4cc(F)c(F)c(F)c4)CC3)c2c1. The number of rotatable bonds is 8. The van der Waals surface area contributed by atoms with E-state index in [1.807, 2.05) is 36.0 Å². The number of benzene rings is 2. The summed E-state index contributed by atoms with van der Waals surface area (Å²) in [5.41, 5.74) is 3.04. The summed E-state index contributed by atoms with van der Waals surface area (Å²) in [5, 5.41) is 21.7. The maximum atomic E-state index is 13.4. The molecule has 0 unspecified atom stereocenters. The molecule has 3 N–H and O–H groups in total. The summed E-state index contributed by atoms with van der Waals surface area (Å²) < 4.78 is 45.5. The molecule has 0 aliphatic carbocycles. The van der Waals surface area contributed by atoms with E-state index in [9.17, 15) is 28.3 Å². The number of carbonyl (C=O) groups is 1. The van der Waals surface area contributed by atoms with Crippen LogP contribution in [0.1, 0.15) is 42.9 Å². The van der Waals surface area contributed by atoms with Crippen molar-refractivity contribution in [2.75, 3.05) is 45.7 Å². The van der Waals surface area contributed by atoms with E-state index in [1.54, 1.807) is 24.9 Å². The molecule has 11 heteroatoms. The minimum absolute atomic E-state index is 0.0275. The van der Waals surface area contributed by atoms with Gasteiger partial charge in [0.1, 0.15) is 5.75 Å². The number of ether oxygens (including phenoxy) is 1. The van der Waals surface area contributed by atoms with Crippen LogP contribution in [0.15, 0.2) is 36.5 Å². The maximum absolute atomic E-state index is 13.4. The monoisotopic (exact) mass is 570 g/mol. The predicted octanol–water partition coefficient (Wildman–Crippen LogP) is 4.18. The first kappa shape index (κ1) is 30.1. The number of likely N-dealkylation sites (tertiary alicyclic amines) is 1. The van der Waals surface area contributed by atoms with E-state index in [0.29, 0.717) is 49.2 Å². The molecule has 1 atom stereocenters. The number of hydroxylamine groups is 1. The Hall–Kier alpha value is -3.85. The first-order chi connectivity index (χ1) is 19.6. The fourth-order valence-electron chi connectivity index (χ4n) is 5.30. The van der Waals surface area contributed by atoms with Crippen LogP contribution in [0.5, 0.6) is 5.75 Å². The molecule has 1 aliphatic rings. The number of methoxy groups -OCH3 is 1. The molecule has 1 fully saturated rings. The summed E-state index contributed by atoms with van der Waals surface area (Å²) in [4.78, 5) is 21.2. The van der Waals surface area contributed by atoms with Crippen molar-refractivity contribution < 1.29 is 33.0 Å². The summed E-state index contributed by atoms with van der Waals surface area (Å²) >= 11 is 0. The van der Waals surface area contributed by atoms with Gasteiger partial charge in [0.15, 0.2) is 17.5 Å². The van der Waals surface area contributed by atoms with Gasteiger partial charge in [-0.3, -0.25) is 19.9 Å². The van der Waals surface area contributed by atoms with Gasteiger partial charge in [-0.05, 0) is 56.0 Å². The Balaban J connectivity index is 1.48. The van der Waals surface area contributed by atoms with E-state index in [1.165, 1.54) is 0 Å². The van der Waals surface area contributed by atoms with Crippen LogP contribution in [0.4, 0.5) is 18.9 Å². The fourth-order valence-corrected chi connectivity index (χ4v) is 5.30. The van der Waals surface area contributed by atoms with Crippen LogP contribution in [0.3, 0.4) is 0 Å². The van der Waals surface area contributed by atoms with Gasteiger partial charge in [-0.15, -0.1) is 0 Å². The van der Waals surface area contributed by atoms with E-state index in [0.717, 1.165) is 23.2 Å². The molecule has 4 rings (SSSR count). The van der Waals surface area contributed by atoms with Crippen LogP contribution in [0.25, 0.3) is 10.9 Å². The van der Waals surface area contributed by atoms with Crippen LogP contribution < -0.4 is 15.1 Å². The van der Waals surface area contributed by atoms with Crippen LogP contribution in [-0.4, -0.2) is 66.9 Å². The van der Waals surface area contributed by atoms with Crippen LogP contribution in [-0.2, 0) is 4.79 Å². The normalized spacial score (nSPS) is 15.6. The molecule has 2 heterocycles. The molecule has 41 heavy (non-hydrogen) atoms. The summed E-state index contributed by atoms with van der Waals surface area (Å²) in [6.45, 7) is 1.22. The molecular formula is C30H33F3N4O4. The second-order valence-electron chi connectivity index (χ2n) is 10.4. The minimum Gasteiger partial charge on any atom is -0.497 e. The first-order valence-electron chi connectivity index (χ1n) is 13.2.